The summed E-state index contributed by atoms with van der Waals surface area (Å²) in [5.41, 5.74) is 3.16. The number of hydrogen-bond donors (Lipinski definition) is 1. The van der Waals surface area contributed by atoms with E-state index in [1.807, 2.05) is 18.2 Å². The van der Waals surface area contributed by atoms with E-state index < -0.39 is 0 Å². The predicted octanol–water partition coefficient (Wildman–Crippen LogP) is 1.46. The average molecular weight is 333 g/mol. The maximum Gasteiger partial charge on any atom is 0.414 e. The zero-order valence-corrected chi connectivity index (χ0v) is 13.8. The van der Waals surface area contributed by atoms with E-state index in [2.05, 4.69) is 5.32 Å². The highest BCUT2D eigenvalue weighted by Crippen LogP contribution is 2.27. The quantitative estimate of drug-likeness (QED) is 0.668. The molecule has 2 heterocycles. The molecule has 0 spiro atoms. The van der Waals surface area contributed by atoms with Gasteiger partial charge in [-0.05, 0) is 36.6 Å². The van der Waals surface area contributed by atoms with Crippen LogP contribution in [0.4, 0.5) is 10.5 Å². The topological polar surface area (TPSA) is 61.9 Å². The molecular formula is C16H19N3O3S. The van der Waals surface area contributed by atoms with Crippen LogP contribution in [0.15, 0.2) is 18.2 Å². The normalized spacial score (nSPS) is 20.0. The summed E-state index contributed by atoms with van der Waals surface area (Å²) in [6.07, 6.45) is 1.15. The number of rotatable bonds is 4. The van der Waals surface area contributed by atoms with Gasteiger partial charge in [-0.2, -0.15) is 0 Å². The van der Waals surface area contributed by atoms with Crippen LogP contribution in [0.25, 0.3) is 0 Å². The minimum Gasteiger partial charge on any atom is -0.442 e. The molecule has 23 heavy (non-hydrogen) atoms. The lowest BCUT2D eigenvalue weighted by molar-refractivity contribution is -0.118. The highest BCUT2D eigenvalue weighted by atomic mass is 32.1. The Morgan fingerprint density at radius 1 is 1.48 bits per heavy atom. The summed E-state index contributed by atoms with van der Waals surface area (Å²) in [4.78, 5) is 27.1. The monoisotopic (exact) mass is 333 g/mol. The van der Waals surface area contributed by atoms with Crippen LogP contribution in [-0.2, 0) is 22.5 Å². The summed E-state index contributed by atoms with van der Waals surface area (Å²) in [5, 5.41) is 3.03. The summed E-state index contributed by atoms with van der Waals surface area (Å²) >= 11 is 4.97. The zero-order chi connectivity index (χ0) is 16.4. The van der Waals surface area contributed by atoms with Gasteiger partial charge in [0.25, 0.3) is 0 Å². The van der Waals surface area contributed by atoms with Gasteiger partial charge in [-0.15, -0.1) is 0 Å². The van der Waals surface area contributed by atoms with Crippen molar-refractivity contribution < 1.29 is 14.3 Å². The van der Waals surface area contributed by atoms with Crippen LogP contribution >= 0.6 is 12.2 Å². The second-order valence-electron chi connectivity index (χ2n) is 5.83. The lowest BCUT2D eigenvalue weighted by Gasteiger charge is -2.26. The molecule has 1 N–H and O–H groups in total. The van der Waals surface area contributed by atoms with Crippen LogP contribution in [0.5, 0.6) is 0 Å². The molecule has 0 saturated carbocycles. The third-order valence-corrected chi connectivity index (χ3v) is 4.29. The van der Waals surface area contributed by atoms with E-state index >= 15 is 0 Å². The molecule has 1 atom stereocenters. The molecule has 0 bridgehead atoms. The number of carbonyl (C=O) groups is 2. The number of thiocarbonyl (C=S) groups is 1. The van der Waals surface area contributed by atoms with Crippen LogP contribution in [0.1, 0.15) is 18.1 Å². The van der Waals surface area contributed by atoms with Crippen molar-refractivity contribution in [1.29, 1.82) is 0 Å². The van der Waals surface area contributed by atoms with E-state index in [1.165, 1.54) is 5.56 Å². The van der Waals surface area contributed by atoms with Crippen LogP contribution in [-0.4, -0.2) is 48.1 Å². The summed E-state index contributed by atoms with van der Waals surface area (Å²) in [6.45, 7) is 4.18. The number of nitrogens with one attached hydrogen (secondary N) is 1. The third kappa shape index (κ3) is 3.44. The third-order valence-electron chi connectivity index (χ3n) is 4.15. The molecule has 1 saturated heterocycles. The van der Waals surface area contributed by atoms with E-state index in [4.69, 9.17) is 17.0 Å². The van der Waals surface area contributed by atoms with E-state index in [0.29, 0.717) is 31.2 Å². The first-order valence-corrected chi connectivity index (χ1v) is 8.01. The number of carbonyl (C=O) groups excluding carboxylic acids is 2. The molecule has 2 amide bonds. The van der Waals surface area contributed by atoms with E-state index in [1.54, 1.807) is 16.7 Å². The number of amides is 2. The van der Waals surface area contributed by atoms with Crippen LogP contribution in [0, 0.1) is 0 Å². The number of nitrogens with zero attached hydrogens (tertiary/aromatic N) is 2. The molecule has 1 aromatic rings. The van der Waals surface area contributed by atoms with Gasteiger partial charge in [0.15, 0.2) is 0 Å². The smallest absolute Gasteiger partial charge is 0.414 e. The molecule has 7 heteroatoms. The molecule has 2 aliphatic heterocycles. The molecule has 3 rings (SSSR count). The summed E-state index contributed by atoms with van der Waals surface area (Å²) in [5.74, 6) is 0. The van der Waals surface area contributed by atoms with Crippen molar-refractivity contribution in [3.63, 3.8) is 0 Å². The number of benzene rings is 1. The summed E-state index contributed by atoms with van der Waals surface area (Å²) < 4.78 is 5.37. The standard InChI is InChI=1S/C16H19N3O3S/c1-11(23)17-7-15-9-19(16(21)22-15)14-3-2-13-8-18(10-20)5-4-12(13)6-14/h2-3,6,10,15H,4-5,7-9H2,1H3,(H,17,23)/t15-/m0/s1. The van der Waals surface area contributed by atoms with Crippen molar-refractivity contribution in [3.8, 4) is 0 Å². The van der Waals surface area contributed by atoms with Crippen LogP contribution in [0.2, 0.25) is 0 Å². The van der Waals surface area contributed by atoms with Gasteiger partial charge in [0.05, 0.1) is 18.1 Å². The Kier molecular flexibility index (Phi) is 4.47. The molecule has 0 unspecified atom stereocenters. The largest absolute Gasteiger partial charge is 0.442 e. The van der Waals surface area contributed by atoms with Gasteiger partial charge in [-0.1, -0.05) is 18.3 Å². The fourth-order valence-corrected chi connectivity index (χ4v) is 3.00. The van der Waals surface area contributed by atoms with Crippen molar-refractivity contribution in [2.75, 3.05) is 24.5 Å². The number of cyclic esters (lactones) is 1. The van der Waals surface area contributed by atoms with E-state index in [-0.39, 0.29) is 12.2 Å². The fraction of sp³-hybridized carbons (Fsp3) is 0.438. The average Bonchev–Trinajstić information content (AvgIpc) is 2.93. The number of anilines is 1. The van der Waals surface area contributed by atoms with Crippen molar-refractivity contribution in [2.45, 2.75) is 26.0 Å². The highest BCUT2D eigenvalue weighted by Gasteiger charge is 2.32. The molecule has 0 aromatic heterocycles. The molecule has 1 fully saturated rings. The maximum absolute atomic E-state index is 12.1. The van der Waals surface area contributed by atoms with Gasteiger partial charge in [0.2, 0.25) is 6.41 Å². The van der Waals surface area contributed by atoms with Crippen molar-refractivity contribution in [3.05, 3.63) is 29.3 Å². The first-order valence-electron chi connectivity index (χ1n) is 7.60. The molecule has 6 nitrogen and oxygen atoms in total. The fourth-order valence-electron chi connectivity index (χ4n) is 2.92. The minimum absolute atomic E-state index is 0.206. The zero-order valence-electron chi connectivity index (χ0n) is 12.9. The Morgan fingerprint density at radius 2 is 2.30 bits per heavy atom. The van der Waals surface area contributed by atoms with Gasteiger partial charge >= 0.3 is 6.09 Å². The van der Waals surface area contributed by atoms with E-state index in [9.17, 15) is 9.59 Å². The highest BCUT2D eigenvalue weighted by molar-refractivity contribution is 7.80. The second-order valence-corrected chi connectivity index (χ2v) is 6.44. The van der Waals surface area contributed by atoms with E-state index in [0.717, 1.165) is 24.1 Å². The maximum atomic E-state index is 12.1. The second kappa shape index (κ2) is 6.54. The van der Waals surface area contributed by atoms with Crippen LogP contribution < -0.4 is 10.2 Å². The Labute approximate surface area is 140 Å². The van der Waals surface area contributed by atoms with Crippen molar-refractivity contribution in [1.82, 2.24) is 10.2 Å². The Bertz CT molecular complexity index is 649. The van der Waals surface area contributed by atoms with Gasteiger partial charge in [-0.25, -0.2) is 4.79 Å². The van der Waals surface area contributed by atoms with Gasteiger partial charge < -0.3 is 15.0 Å². The molecule has 0 radical (unpaired) electrons. The lowest BCUT2D eigenvalue weighted by Crippen LogP contribution is -2.33. The minimum atomic E-state index is -0.330. The summed E-state index contributed by atoms with van der Waals surface area (Å²) in [6, 6.07) is 5.92. The Hall–Kier alpha value is -2.15. The van der Waals surface area contributed by atoms with Gasteiger partial charge in [0.1, 0.15) is 6.10 Å². The SMILES string of the molecule is CC(=S)NC[C@H]1CN(c2ccc3c(c2)CCN(C=O)C3)C(=O)O1. The Balaban J connectivity index is 1.71. The molecule has 0 aliphatic carbocycles. The van der Waals surface area contributed by atoms with Crippen LogP contribution in [0.3, 0.4) is 0 Å². The van der Waals surface area contributed by atoms with Crippen molar-refractivity contribution in [2.24, 2.45) is 0 Å². The molecule has 122 valence electrons. The number of hydrogen-bond acceptors (Lipinski definition) is 4. The molecular weight excluding hydrogens is 314 g/mol. The predicted molar refractivity (Wildman–Crippen MR) is 90.5 cm³/mol. The summed E-state index contributed by atoms with van der Waals surface area (Å²) in [7, 11) is 0. The first-order chi connectivity index (χ1) is 11.1. The molecule has 2 aliphatic rings. The number of fused-ring (bicyclic) bond motifs is 1. The van der Waals surface area contributed by atoms with Crippen molar-refractivity contribution >= 4 is 35.4 Å². The van der Waals surface area contributed by atoms with Gasteiger partial charge in [0, 0.05) is 18.8 Å². The Morgan fingerprint density at radius 3 is 3.04 bits per heavy atom. The number of ether oxygens (including phenoxy) is 1. The lowest BCUT2D eigenvalue weighted by atomic mass is 9.99. The van der Waals surface area contributed by atoms with Gasteiger partial charge in [-0.3, -0.25) is 9.69 Å². The molecule has 1 aromatic carbocycles. The first kappa shape index (κ1) is 15.7.